The number of hydrogen-bond donors (Lipinski definition) is 1. The molecule has 0 aliphatic carbocycles. The number of piperidine rings is 1. The molecule has 1 aliphatic heterocycles. The lowest BCUT2D eigenvalue weighted by Gasteiger charge is -2.32. The summed E-state index contributed by atoms with van der Waals surface area (Å²) in [6.45, 7) is 3.74. The molecule has 0 aromatic heterocycles. The largest absolute Gasteiger partial charge is 0.489 e. The van der Waals surface area contributed by atoms with Crippen LogP contribution < -0.4 is 10.5 Å². The van der Waals surface area contributed by atoms with Gasteiger partial charge in [0.1, 0.15) is 12.2 Å². The number of likely N-dealkylation sites (N-methyl/N-ethyl adjacent to an activating group) is 1. The van der Waals surface area contributed by atoms with E-state index in [2.05, 4.69) is 11.9 Å². The van der Waals surface area contributed by atoms with E-state index in [0.717, 1.165) is 13.0 Å². The topological polar surface area (TPSA) is 64.8 Å². The summed E-state index contributed by atoms with van der Waals surface area (Å²) in [5.74, 6) is 0.0479. The number of carbonyl (C=O) groups is 1. The van der Waals surface area contributed by atoms with Gasteiger partial charge in [-0.2, -0.15) is 0 Å². The zero-order valence-corrected chi connectivity index (χ0v) is 12.8. The summed E-state index contributed by atoms with van der Waals surface area (Å²) in [5, 5.41) is 0. The summed E-state index contributed by atoms with van der Waals surface area (Å²) in [7, 11) is 2.10. The van der Waals surface area contributed by atoms with E-state index in [1.807, 2.05) is 0 Å². The molecule has 1 heterocycles. The van der Waals surface area contributed by atoms with Gasteiger partial charge in [0.25, 0.3) is 0 Å². The molecule has 0 saturated carbocycles. The van der Waals surface area contributed by atoms with Crippen molar-refractivity contribution in [3.63, 3.8) is 0 Å². The number of likely N-dealkylation sites (tertiary alicyclic amines) is 1. The highest BCUT2D eigenvalue weighted by Crippen LogP contribution is 2.28. The van der Waals surface area contributed by atoms with E-state index < -0.39 is 5.97 Å². The molecule has 5 heteroatoms. The normalized spacial score (nSPS) is 19.2. The predicted molar refractivity (Wildman–Crippen MR) is 82.6 cm³/mol. The molecule has 1 unspecified atom stereocenters. The van der Waals surface area contributed by atoms with Gasteiger partial charge >= 0.3 is 5.97 Å². The number of hydrogen-bond acceptors (Lipinski definition) is 5. The molecule has 0 radical (unpaired) electrons. The van der Waals surface area contributed by atoms with Crippen LogP contribution in [0.2, 0.25) is 0 Å². The van der Waals surface area contributed by atoms with Gasteiger partial charge in [0.05, 0.1) is 12.3 Å². The summed E-state index contributed by atoms with van der Waals surface area (Å²) < 4.78 is 10.9. The van der Waals surface area contributed by atoms with E-state index in [4.69, 9.17) is 15.2 Å². The highest BCUT2D eigenvalue weighted by Gasteiger charge is 2.22. The molecule has 1 aliphatic rings. The second-order valence-corrected chi connectivity index (χ2v) is 5.39. The first-order valence-corrected chi connectivity index (χ1v) is 7.52. The molecule has 0 spiro atoms. The zero-order valence-electron chi connectivity index (χ0n) is 12.8. The van der Waals surface area contributed by atoms with Gasteiger partial charge in [-0.05, 0) is 45.5 Å². The van der Waals surface area contributed by atoms with Crippen LogP contribution in [-0.4, -0.2) is 43.7 Å². The lowest BCUT2D eigenvalue weighted by molar-refractivity contribution is 0.0518. The number of esters is 1. The molecule has 0 bridgehead atoms. The monoisotopic (exact) mass is 292 g/mol. The number of nitrogen functional groups attached to an aromatic ring is 1. The molecular formula is C16H24N2O3. The van der Waals surface area contributed by atoms with Crippen LogP contribution >= 0.6 is 0 Å². The number of rotatable bonds is 5. The Morgan fingerprint density at radius 2 is 2.24 bits per heavy atom. The molecule has 116 valence electrons. The van der Waals surface area contributed by atoms with Crippen LogP contribution in [-0.2, 0) is 4.74 Å². The van der Waals surface area contributed by atoms with E-state index in [9.17, 15) is 4.79 Å². The molecule has 0 amide bonds. The van der Waals surface area contributed by atoms with Gasteiger partial charge in [-0.15, -0.1) is 0 Å². The number of para-hydroxylation sites is 1. The third-order valence-electron chi connectivity index (χ3n) is 3.88. The minimum atomic E-state index is -0.392. The molecule has 5 nitrogen and oxygen atoms in total. The van der Waals surface area contributed by atoms with Gasteiger partial charge in [0.2, 0.25) is 0 Å². The first kappa shape index (κ1) is 15.6. The third-order valence-corrected chi connectivity index (χ3v) is 3.88. The van der Waals surface area contributed by atoms with Crippen LogP contribution in [0.4, 0.5) is 5.69 Å². The minimum Gasteiger partial charge on any atom is -0.489 e. The molecule has 21 heavy (non-hydrogen) atoms. The smallest absolute Gasteiger partial charge is 0.341 e. The summed E-state index contributed by atoms with van der Waals surface area (Å²) in [6.07, 6.45) is 3.56. The summed E-state index contributed by atoms with van der Waals surface area (Å²) in [6, 6.07) is 5.53. The Bertz CT molecular complexity index is 490. The average Bonchev–Trinajstić information content (AvgIpc) is 2.47. The van der Waals surface area contributed by atoms with Crippen LogP contribution in [0.5, 0.6) is 5.75 Å². The Labute approximate surface area is 126 Å². The minimum absolute atomic E-state index is 0.332. The molecule has 2 rings (SSSR count). The van der Waals surface area contributed by atoms with Gasteiger partial charge in [0.15, 0.2) is 5.75 Å². The first-order chi connectivity index (χ1) is 10.1. The van der Waals surface area contributed by atoms with Gasteiger partial charge < -0.3 is 20.1 Å². The molecule has 2 N–H and O–H groups in total. The molecule has 1 aromatic rings. The van der Waals surface area contributed by atoms with Crippen LogP contribution in [0.15, 0.2) is 18.2 Å². The van der Waals surface area contributed by atoms with E-state index in [0.29, 0.717) is 36.3 Å². The van der Waals surface area contributed by atoms with Crippen molar-refractivity contribution in [1.82, 2.24) is 4.90 Å². The fraction of sp³-hybridized carbons (Fsp3) is 0.562. The molecule has 1 fully saturated rings. The first-order valence-electron chi connectivity index (χ1n) is 7.52. The average molecular weight is 292 g/mol. The molecule has 1 aromatic carbocycles. The van der Waals surface area contributed by atoms with Crippen molar-refractivity contribution in [2.75, 3.05) is 32.5 Å². The Balaban J connectivity index is 2.09. The van der Waals surface area contributed by atoms with Gasteiger partial charge in [-0.3, -0.25) is 0 Å². The van der Waals surface area contributed by atoms with Crippen LogP contribution in [0.25, 0.3) is 0 Å². The maximum absolute atomic E-state index is 12.0. The highest BCUT2D eigenvalue weighted by molar-refractivity contribution is 5.94. The maximum atomic E-state index is 12.0. The fourth-order valence-corrected chi connectivity index (χ4v) is 2.62. The highest BCUT2D eigenvalue weighted by atomic mass is 16.5. The number of anilines is 1. The number of benzene rings is 1. The van der Waals surface area contributed by atoms with Gasteiger partial charge in [-0.1, -0.05) is 12.5 Å². The Morgan fingerprint density at radius 3 is 2.95 bits per heavy atom. The van der Waals surface area contributed by atoms with Crippen molar-refractivity contribution in [2.24, 2.45) is 0 Å². The predicted octanol–water partition coefficient (Wildman–Crippen LogP) is 2.31. The van der Waals surface area contributed by atoms with Crippen LogP contribution in [0.1, 0.15) is 36.5 Å². The fourth-order valence-electron chi connectivity index (χ4n) is 2.62. The standard InChI is InChI=1S/C16H24N2O3/c1-3-20-16(19)13-8-6-9-14(17)15(13)21-11-12-7-4-5-10-18(12)2/h6,8-9,12H,3-5,7,10-11,17H2,1-2H3. The van der Waals surface area contributed by atoms with Crippen molar-refractivity contribution in [1.29, 1.82) is 0 Å². The number of nitrogens with zero attached hydrogens (tertiary/aromatic N) is 1. The number of carbonyl (C=O) groups excluding carboxylic acids is 1. The van der Waals surface area contributed by atoms with E-state index >= 15 is 0 Å². The molecule has 1 saturated heterocycles. The summed E-state index contributed by atoms with van der Waals surface area (Å²) in [5.41, 5.74) is 6.83. The van der Waals surface area contributed by atoms with Crippen molar-refractivity contribution in [3.05, 3.63) is 23.8 Å². The SMILES string of the molecule is CCOC(=O)c1cccc(N)c1OCC1CCCCN1C. The third kappa shape index (κ3) is 3.88. The van der Waals surface area contributed by atoms with Crippen molar-refractivity contribution in [2.45, 2.75) is 32.2 Å². The second-order valence-electron chi connectivity index (χ2n) is 5.39. The van der Waals surface area contributed by atoms with Gasteiger partial charge in [-0.25, -0.2) is 4.79 Å². The summed E-state index contributed by atoms with van der Waals surface area (Å²) >= 11 is 0. The van der Waals surface area contributed by atoms with Crippen molar-refractivity contribution < 1.29 is 14.3 Å². The van der Waals surface area contributed by atoms with Crippen LogP contribution in [0.3, 0.4) is 0 Å². The Kier molecular flexibility index (Phi) is 5.44. The summed E-state index contributed by atoms with van der Waals surface area (Å²) in [4.78, 5) is 14.3. The molecule has 1 atom stereocenters. The Morgan fingerprint density at radius 1 is 1.43 bits per heavy atom. The quantitative estimate of drug-likeness (QED) is 0.666. The van der Waals surface area contributed by atoms with E-state index in [1.165, 1.54) is 12.8 Å². The van der Waals surface area contributed by atoms with Crippen LogP contribution in [0, 0.1) is 0 Å². The van der Waals surface area contributed by atoms with Crippen molar-refractivity contribution >= 4 is 11.7 Å². The number of ether oxygens (including phenoxy) is 2. The van der Waals surface area contributed by atoms with E-state index in [-0.39, 0.29) is 0 Å². The maximum Gasteiger partial charge on any atom is 0.341 e. The lowest BCUT2D eigenvalue weighted by Crippen LogP contribution is -2.40. The molecular weight excluding hydrogens is 268 g/mol. The van der Waals surface area contributed by atoms with E-state index in [1.54, 1.807) is 25.1 Å². The number of nitrogens with two attached hydrogens (primary N) is 1. The van der Waals surface area contributed by atoms with Crippen molar-refractivity contribution in [3.8, 4) is 5.75 Å². The second kappa shape index (κ2) is 7.31. The lowest BCUT2D eigenvalue weighted by atomic mass is 10.0. The Hall–Kier alpha value is -1.75. The zero-order chi connectivity index (χ0) is 15.2. The van der Waals surface area contributed by atoms with Gasteiger partial charge in [0, 0.05) is 6.04 Å².